The van der Waals surface area contributed by atoms with Crippen molar-refractivity contribution in [2.75, 3.05) is 31.6 Å². The monoisotopic (exact) mass is 347 g/mol. The van der Waals surface area contributed by atoms with Gasteiger partial charge in [-0.25, -0.2) is 9.97 Å². The molecule has 2 aliphatic rings. The van der Waals surface area contributed by atoms with Gasteiger partial charge in [0.15, 0.2) is 0 Å². The van der Waals surface area contributed by atoms with Crippen LogP contribution in [0, 0.1) is 17.8 Å². The predicted molar refractivity (Wildman–Crippen MR) is 100.0 cm³/mol. The molecule has 1 aliphatic heterocycles. The van der Waals surface area contributed by atoms with Gasteiger partial charge in [0.2, 0.25) is 0 Å². The van der Waals surface area contributed by atoms with E-state index in [0.29, 0.717) is 17.8 Å². The second-order valence-electron chi connectivity index (χ2n) is 7.39. The first-order valence-electron chi connectivity index (χ1n) is 9.06. The number of hydrogen-bond acceptors (Lipinski definition) is 4. The summed E-state index contributed by atoms with van der Waals surface area (Å²) in [6.07, 6.45) is 3.51. The number of nitrogens with zero attached hydrogens (tertiary/aromatic N) is 4. The molecular formula is C20H21N5O. The number of aromatic amines is 1. The highest BCUT2D eigenvalue weighted by molar-refractivity contribution is 5.94. The first-order chi connectivity index (χ1) is 12.7. The lowest BCUT2D eigenvalue weighted by Gasteiger charge is -2.23. The van der Waals surface area contributed by atoms with Gasteiger partial charge in [-0.15, -0.1) is 0 Å². The number of piperidine rings is 1. The minimum atomic E-state index is 0.162. The zero-order chi connectivity index (χ0) is 17.7. The van der Waals surface area contributed by atoms with Crippen molar-refractivity contribution in [2.24, 2.45) is 17.8 Å². The van der Waals surface area contributed by atoms with Crippen molar-refractivity contribution in [1.29, 1.82) is 0 Å². The Labute approximate surface area is 151 Å². The number of carbonyl (C=O) groups excluding carboxylic acids is 1. The van der Waals surface area contributed by atoms with Crippen molar-refractivity contribution >= 4 is 22.8 Å². The van der Waals surface area contributed by atoms with E-state index < -0.39 is 0 Å². The van der Waals surface area contributed by atoms with Crippen molar-refractivity contribution in [3.63, 3.8) is 0 Å². The standard InChI is InChI=1S/C20H21N5O/c1-24(19-14-7-8-21-18(14)22-12-23-19)9-15-16-10-25(11-17(15)16)20(26)13-5-3-2-4-6-13/h2-8,12,15-17H,9-11H2,1H3,(H,21,22,23)/t15?,16-,17+. The number of hydrogen-bond donors (Lipinski definition) is 1. The summed E-state index contributed by atoms with van der Waals surface area (Å²) in [5, 5.41) is 1.06. The minimum absolute atomic E-state index is 0.162. The molecule has 0 radical (unpaired) electrons. The summed E-state index contributed by atoms with van der Waals surface area (Å²) < 4.78 is 0. The first-order valence-corrected chi connectivity index (χ1v) is 9.06. The minimum Gasteiger partial charge on any atom is -0.359 e. The molecule has 1 N–H and O–H groups in total. The van der Waals surface area contributed by atoms with Gasteiger partial charge in [0.25, 0.3) is 5.91 Å². The molecule has 0 bridgehead atoms. The van der Waals surface area contributed by atoms with Crippen LogP contribution in [-0.4, -0.2) is 52.4 Å². The van der Waals surface area contributed by atoms with Gasteiger partial charge in [0.1, 0.15) is 17.8 Å². The van der Waals surface area contributed by atoms with Crippen molar-refractivity contribution in [1.82, 2.24) is 19.9 Å². The van der Waals surface area contributed by atoms with Gasteiger partial charge in [-0.3, -0.25) is 4.79 Å². The SMILES string of the molecule is CN(CC1[C@H]2CN(C(=O)c3ccccc3)C[C@@H]12)c1ncnc2[nH]ccc12. The van der Waals surface area contributed by atoms with Crippen LogP contribution in [0.1, 0.15) is 10.4 Å². The first kappa shape index (κ1) is 15.4. The number of fused-ring (bicyclic) bond motifs is 2. The molecule has 1 aliphatic carbocycles. The fourth-order valence-corrected chi connectivity index (χ4v) is 4.41. The van der Waals surface area contributed by atoms with E-state index in [-0.39, 0.29) is 5.91 Å². The molecule has 3 heterocycles. The number of anilines is 1. The quantitative estimate of drug-likeness (QED) is 0.787. The number of likely N-dealkylation sites (tertiary alicyclic amines) is 1. The fraction of sp³-hybridized carbons (Fsp3) is 0.350. The van der Waals surface area contributed by atoms with Gasteiger partial charge in [0, 0.05) is 38.4 Å². The van der Waals surface area contributed by atoms with E-state index in [2.05, 4.69) is 26.9 Å². The number of H-pyrrole nitrogens is 1. The van der Waals surface area contributed by atoms with Crippen LogP contribution >= 0.6 is 0 Å². The fourth-order valence-electron chi connectivity index (χ4n) is 4.41. The highest BCUT2D eigenvalue weighted by Crippen LogP contribution is 2.52. The number of amides is 1. The smallest absolute Gasteiger partial charge is 0.253 e. The van der Waals surface area contributed by atoms with E-state index in [1.54, 1.807) is 6.33 Å². The lowest BCUT2D eigenvalue weighted by Crippen LogP contribution is -2.33. The largest absolute Gasteiger partial charge is 0.359 e. The number of benzene rings is 1. The maximum absolute atomic E-state index is 12.6. The molecule has 6 nitrogen and oxygen atoms in total. The summed E-state index contributed by atoms with van der Waals surface area (Å²) in [5.41, 5.74) is 1.66. The number of carbonyl (C=O) groups is 1. The normalized spacial score (nSPS) is 23.9. The van der Waals surface area contributed by atoms with Gasteiger partial charge in [-0.1, -0.05) is 18.2 Å². The average molecular weight is 347 g/mol. The van der Waals surface area contributed by atoms with E-state index >= 15 is 0 Å². The summed E-state index contributed by atoms with van der Waals surface area (Å²) in [5.74, 6) is 3.01. The molecule has 2 fully saturated rings. The molecule has 1 aromatic carbocycles. The highest BCUT2D eigenvalue weighted by Gasteiger charge is 2.56. The van der Waals surface area contributed by atoms with Crippen molar-refractivity contribution < 1.29 is 4.79 Å². The second kappa shape index (κ2) is 5.83. The third-order valence-corrected chi connectivity index (χ3v) is 5.86. The van der Waals surface area contributed by atoms with E-state index in [4.69, 9.17) is 0 Å². The van der Waals surface area contributed by atoms with Gasteiger partial charge < -0.3 is 14.8 Å². The molecule has 0 spiro atoms. The van der Waals surface area contributed by atoms with E-state index in [1.165, 1.54) is 0 Å². The maximum atomic E-state index is 12.6. The zero-order valence-electron chi connectivity index (χ0n) is 14.7. The summed E-state index contributed by atoms with van der Waals surface area (Å²) in [6.45, 7) is 2.72. The van der Waals surface area contributed by atoms with E-state index in [1.807, 2.05) is 47.5 Å². The van der Waals surface area contributed by atoms with Gasteiger partial charge >= 0.3 is 0 Å². The van der Waals surface area contributed by atoms with Crippen LogP contribution < -0.4 is 4.90 Å². The summed E-state index contributed by atoms with van der Waals surface area (Å²) >= 11 is 0. The Morgan fingerprint density at radius 1 is 1.19 bits per heavy atom. The number of aromatic nitrogens is 3. The maximum Gasteiger partial charge on any atom is 0.253 e. The molecular weight excluding hydrogens is 326 g/mol. The molecule has 1 saturated carbocycles. The van der Waals surface area contributed by atoms with E-state index in [9.17, 15) is 4.79 Å². The van der Waals surface area contributed by atoms with Crippen LogP contribution in [0.5, 0.6) is 0 Å². The van der Waals surface area contributed by atoms with Crippen LogP contribution in [-0.2, 0) is 0 Å². The molecule has 3 aromatic rings. The Bertz CT molecular complexity index is 941. The predicted octanol–water partition coefficient (Wildman–Crippen LogP) is 2.41. The highest BCUT2D eigenvalue weighted by atomic mass is 16.2. The summed E-state index contributed by atoms with van der Waals surface area (Å²) in [6, 6.07) is 11.6. The van der Waals surface area contributed by atoms with Crippen LogP contribution in [0.4, 0.5) is 5.82 Å². The molecule has 26 heavy (non-hydrogen) atoms. The molecule has 132 valence electrons. The Kier molecular flexibility index (Phi) is 3.45. The van der Waals surface area contributed by atoms with Crippen LogP contribution in [0.2, 0.25) is 0 Å². The molecule has 5 rings (SSSR count). The molecule has 6 heteroatoms. The van der Waals surface area contributed by atoms with Crippen LogP contribution in [0.15, 0.2) is 48.9 Å². The van der Waals surface area contributed by atoms with Gasteiger partial charge in [-0.2, -0.15) is 0 Å². The molecule has 1 saturated heterocycles. The number of nitrogens with one attached hydrogen (secondary N) is 1. The summed E-state index contributed by atoms with van der Waals surface area (Å²) in [7, 11) is 2.09. The molecule has 1 unspecified atom stereocenters. The topological polar surface area (TPSA) is 65.1 Å². The Balaban J connectivity index is 1.23. The third-order valence-electron chi connectivity index (χ3n) is 5.86. The van der Waals surface area contributed by atoms with Crippen molar-refractivity contribution in [3.05, 3.63) is 54.5 Å². The zero-order valence-corrected chi connectivity index (χ0v) is 14.7. The van der Waals surface area contributed by atoms with Gasteiger partial charge in [-0.05, 0) is 36.0 Å². The second-order valence-corrected chi connectivity index (χ2v) is 7.39. The average Bonchev–Trinajstić information content (AvgIpc) is 3.08. The lowest BCUT2D eigenvalue weighted by molar-refractivity contribution is 0.0768. The van der Waals surface area contributed by atoms with Crippen LogP contribution in [0.25, 0.3) is 11.0 Å². The van der Waals surface area contributed by atoms with Crippen molar-refractivity contribution in [3.8, 4) is 0 Å². The molecule has 1 amide bonds. The van der Waals surface area contributed by atoms with E-state index in [0.717, 1.165) is 42.0 Å². The third kappa shape index (κ3) is 2.44. The Morgan fingerprint density at radius 3 is 2.73 bits per heavy atom. The van der Waals surface area contributed by atoms with Crippen LogP contribution in [0.3, 0.4) is 0 Å². The summed E-state index contributed by atoms with van der Waals surface area (Å²) in [4.78, 5) is 28.7. The Hall–Kier alpha value is -2.89. The van der Waals surface area contributed by atoms with Crippen molar-refractivity contribution in [2.45, 2.75) is 0 Å². The Morgan fingerprint density at radius 2 is 1.96 bits per heavy atom. The molecule has 3 atom stereocenters. The number of rotatable bonds is 4. The molecule has 2 aromatic heterocycles. The lowest BCUT2D eigenvalue weighted by atomic mass is 10.2. The van der Waals surface area contributed by atoms with Gasteiger partial charge in [0.05, 0.1) is 5.39 Å².